The fraction of sp³-hybridized carbons (Fsp3) is 0.364. The van der Waals surface area contributed by atoms with E-state index in [4.69, 9.17) is 11.6 Å². The van der Waals surface area contributed by atoms with Gasteiger partial charge in [-0.15, -0.1) is 0 Å². The maximum atomic E-state index is 11.2. The van der Waals surface area contributed by atoms with Gasteiger partial charge in [0.1, 0.15) is 5.78 Å². The van der Waals surface area contributed by atoms with Crippen LogP contribution in [0.2, 0.25) is 5.02 Å². The number of carbonyl (C=O) groups is 1. The Morgan fingerprint density at radius 3 is 2.43 bits per heavy atom. The SMILES string of the molecule is CN[C@H](Cc1ccc(Cl)cc1)C(C)=O. The fourth-order valence-corrected chi connectivity index (χ4v) is 1.43. The molecule has 0 radical (unpaired) electrons. The molecule has 1 atom stereocenters. The zero-order valence-electron chi connectivity index (χ0n) is 8.38. The van der Waals surface area contributed by atoms with E-state index in [0.717, 1.165) is 10.6 Å². The molecular formula is C11H14ClNO. The molecule has 0 aliphatic heterocycles. The Balaban J connectivity index is 2.67. The number of hydrogen-bond donors (Lipinski definition) is 1. The maximum Gasteiger partial charge on any atom is 0.147 e. The first kappa shape index (κ1) is 11.2. The van der Waals surface area contributed by atoms with Crippen LogP contribution in [0.5, 0.6) is 0 Å². The molecule has 0 aromatic heterocycles. The van der Waals surface area contributed by atoms with Gasteiger partial charge in [0.25, 0.3) is 0 Å². The number of likely N-dealkylation sites (N-methyl/N-ethyl adjacent to an activating group) is 1. The molecule has 0 spiro atoms. The topological polar surface area (TPSA) is 29.1 Å². The quantitative estimate of drug-likeness (QED) is 0.826. The molecule has 3 heteroatoms. The van der Waals surface area contributed by atoms with Crippen LogP contribution in [-0.4, -0.2) is 18.9 Å². The molecule has 1 rings (SSSR count). The second-order valence-corrected chi connectivity index (χ2v) is 3.72. The molecule has 0 aliphatic carbocycles. The van der Waals surface area contributed by atoms with Gasteiger partial charge in [0, 0.05) is 5.02 Å². The number of hydrogen-bond acceptors (Lipinski definition) is 2. The van der Waals surface area contributed by atoms with E-state index in [1.807, 2.05) is 24.3 Å². The van der Waals surface area contributed by atoms with Crippen molar-refractivity contribution in [1.82, 2.24) is 5.32 Å². The van der Waals surface area contributed by atoms with Crippen LogP contribution in [0.15, 0.2) is 24.3 Å². The molecule has 0 bridgehead atoms. The summed E-state index contributed by atoms with van der Waals surface area (Å²) in [6.45, 7) is 1.59. The van der Waals surface area contributed by atoms with E-state index in [-0.39, 0.29) is 11.8 Å². The van der Waals surface area contributed by atoms with Gasteiger partial charge in [-0.1, -0.05) is 23.7 Å². The van der Waals surface area contributed by atoms with Crippen molar-refractivity contribution in [3.63, 3.8) is 0 Å². The second-order valence-electron chi connectivity index (χ2n) is 3.28. The normalized spacial score (nSPS) is 12.5. The number of rotatable bonds is 4. The Morgan fingerprint density at radius 2 is 2.00 bits per heavy atom. The minimum absolute atomic E-state index is 0.101. The summed E-state index contributed by atoms with van der Waals surface area (Å²) in [6.07, 6.45) is 0.711. The third-order valence-corrected chi connectivity index (χ3v) is 2.44. The van der Waals surface area contributed by atoms with E-state index < -0.39 is 0 Å². The molecule has 1 aromatic carbocycles. The van der Waals surface area contributed by atoms with E-state index in [1.54, 1.807) is 14.0 Å². The van der Waals surface area contributed by atoms with Crippen LogP contribution >= 0.6 is 11.6 Å². The summed E-state index contributed by atoms with van der Waals surface area (Å²) in [7, 11) is 1.79. The van der Waals surface area contributed by atoms with E-state index in [1.165, 1.54) is 0 Å². The zero-order chi connectivity index (χ0) is 10.6. The van der Waals surface area contributed by atoms with Crippen molar-refractivity contribution in [1.29, 1.82) is 0 Å². The highest BCUT2D eigenvalue weighted by Crippen LogP contribution is 2.11. The molecule has 1 aromatic rings. The summed E-state index contributed by atoms with van der Waals surface area (Å²) < 4.78 is 0. The third-order valence-electron chi connectivity index (χ3n) is 2.19. The number of Topliss-reactive ketones (excluding diaryl/α,β-unsaturated/α-hetero) is 1. The van der Waals surface area contributed by atoms with Crippen LogP contribution in [0, 0.1) is 0 Å². The lowest BCUT2D eigenvalue weighted by molar-refractivity contribution is -0.118. The molecule has 76 valence electrons. The van der Waals surface area contributed by atoms with Crippen molar-refractivity contribution in [2.45, 2.75) is 19.4 Å². The largest absolute Gasteiger partial charge is 0.310 e. The Kier molecular flexibility index (Phi) is 4.11. The van der Waals surface area contributed by atoms with Crippen molar-refractivity contribution in [2.75, 3.05) is 7.05 Å². The summed E-state index contributed by atoms with van der Waals surface area (Å²) in [5.74, 6) is 0.155. The highest BCUT2D eigenvalue weighted by molar-refractivity contribution is 6.30. The molecule has 2 nitrogen and oxygen atoms in total. The van der Waals surface area contributed by atoms with Crippen LogP contribution in [0.1, 0.15) is 12.5 Å². The average Bonchev–Trinajstić information content (AvgIpc) is 2.16. The van der Waals surface area contributed by atoms with Crippen molar-refractivity contribution < 1.29 is 4.79 Å². The first-order valence-electron chi connectivity index (χ1n) is 4.55. The number of carbonyl (C=O) groups excluding carboxylic acids is 1. The molecule has 0 saturated carbocycles. The summed E-state index contributed by atoms with van der Waals surface area (Å²) in [6, 6.07) is 7.45. The minimum Gasteiger partial charge on any atom is -0.310 e. The van der Waals surface area contributed by atoms with Crippen LogP contribution in [-0.2, 0) is 11.2 Å². The Bertz CT molecular complexity index is 308. The first-order chi connectivity index (χ1) is 6.63. The van der Waals surface area contributed by atoms with Crippen LogP contribution < -0.4 is 5.32 Å². The van der Waals surface area contributed by atoms with E-state index in [9.17, 15) is 4.79 Å². The van der Waals surface area contributed by atoms with Crippen LogP contribution in [0.25, 0.3) is 0 Å². The van der Waals surface area contributed by atoms with Gasteiger partial charge < -0.3 is 5.32 Å². The van der Waals surface area contributed by atoms with Gasteiger partial charge in [-0.2, -0.15) is 0 Å². The molecule has 14 heavy (non-hydrogen) atoms. The minimum atomic E-state index is -0.101. The summed E-state index contributed by atoms with van der Waals surface area (Å²) in [5, 5.41) is 3.70. The van der Waals surface area contributed by atoms with Crippen LogP contribution in [0.3, 0.4) is 0 Å². The molecule has 0 saturated heterocycles. The summed E-state index contributed by atoms with van der Waals surface area (Å²) in [4.78, 5) is 11.2. The highest BCUT2D eigenvalue weighted by Gasteiger charge is 2.11. The van der Waals surface area contributed by atoms with Crippen molar-refractivity contribution in [3.05, 3.63) is 34.9 Å². The second kappa shape index (κ2) is 5.13. The van der Waals surface area contributed by atoms with Gasteiger partial charge in [0.2, 0.25) is 0 Å². The lowest BCUT2D eigenvalue weighted by atomic mass is 10.0. The van der Waals surface area contributed by atoms with E-state index in [2.05, 4.69) is 5.32 Å². The van der Waals surface area contributed by atoms with Gasteiger partial charge in [0.05, 0.1) is 6.04 Å². The summed E-state index contributed by atoms with van der Waals surface area (Å²) >= 11 is 5.76. The predicted octanol–water partition coefficient (Wildman–Crippen LogP) is 2.06. The maximum absolute atomic E-state index is 11.2. The van der Waals surface area contributed by atoms with E-state index in [0.29, 0.717) is 6.42 Å². The molecule has 1 N–H and O–H groups in total. The summed E-state index contributed by atoms with van der Waals surface area (Å²) in [5.41, 5.74) is 1.11. The molecule has 0 fully saturated rings. The smallest absolute Gasteiger partial charge is 0.147 e. The Hall–Kier alpha value is -0.860. The average molecular weight is 212 g/mol. The van der Waals surface area contributed by atoms with Gasteiger partial charge in [-0.05, 0) is 38.1 Å². The third kappa shape index (κ3) is 3.13. The number of benzene rings is 1. The number of halogens is 1. The van der Waals surface area contributed by atoms with Crippen molar-refractivity contribution in [2.24, 2.45) is 0 Å². The van der Waals surface area contributed by atoms with Gasteiger partial charge in [-0.25, -0.2) is 0 Å². The Labute approximate surface area is 89.3 Å². The number of nitrogens with one attached hydrogen (secondary N) is 1. The first-order valence-corrected chi connectivity index (χ1v) is 4.93. The van der Waals surface area contributed by atoms with E-state index >= 15 is 0 Å². The standard InChI is InChI=1S/C11H14ClNO/c1-8(14)11(13-2)7-9-3-5-10(12)6-4-9/h3-6,11,13H,7H2,1-2H3/t11-/m1/s1. The van der Waals surface area contributed by atoms with Crippen molar-refractivity contribution >= 4 is 17.4 Å². The molecular weight excluding hydrogens is 198 g/mol. The molecule has 0 heterocycles. The predicted molar refractivity (Wildman–Crippen MR) is 58.7 cm³/mol. The van der Waals surface area contributed by atoms with Gasteiger partial charge in [-0.3, -0.25) is 4.79 Å². The number of ketones is 1. The fourth-order valence-electron chi connectivity index (χ4n) is 1.31. The molecule has 0 amide bonds. The monoisotopic (exact) mass is 211 g/mol. The van der Waals surface area contributed by atoms with Gasteiger partial charge in [0.15, 0.2) is 0 Å². The lowest BCUT2D eigenvalue weighted by Crippen LogP contribution is -2.34. The zero-order valence-corrected chi connectivity index (χ0v) is 9.14. The highest BCUT2D eigenvalue weighted by atomic mass is 35.5. The van der Waals surface area contributed by atoms with Crippen LogP contribution in [0.4, 0.5) is 0 Å². The van der Waals surface area contributed by atoms with Gasteiger partial charge >= 0.3 is 0 Å². The lowest BCUT2D eigenvalue weighted by Gasteiger charge is -2.12. The Morgan fingerprint density at radius 1 is 1.43 bits per heavy atom. The molecule has 0 aliphatic rings. The molecule has 0 unspecified atom stereocenters. The van der Waals surface area contributed by atoms with Crippen molar-refractivity contribution in [3.8, 4) is 0 Å².